The summed E-state index contributed by atoms with van der Waals surface area (Å²) in [6, 6.07) is -3.92. The lowest BCUT2D eigenvalue weighted by molar-refractivity contribution is -0.138. The van der Waals surface area contributed by atoms with Gasteiger partial charge in [0.05, 0.1) is 12.6 Å². The number of carbonyl (C=O) groups excluding carboxylic acids is 5. The second kappa shape index (κ2) is 21.7. The molecular formula is C27H52N10O7. The first-order chi connectivity index (χ1) is 20.6. The zero-order valence-corrected chi connectivity index (χ0v) is 26.2. The Kier molecular flexibility index (Phi) is 19.7. The molecule has 4 atom stereocenters. The number of amides is 5. The number of hydrogen-bond donors (Lipinski definition) is 10. The summed E-state index contributed by atoms with van der Waals surface area (Å²) >= 11 is 0. The summed E-state index contributed by atoms with van der Waals surface area (Å²) in [5, 5.41) is 21.3. The third kappa shape index (κ3) is 17.8. The zero-order chi connectivity index (χ0) is 33.8. The molecule has 0 bridgehead atoms. The van der Waals surface area contributed by atoms with Gasteiger partial charge in [-0.05, 0) is 56.9 Å². The van der Waals surface area contributed by atoms with Crippen molar-refractivity contribution in [2.24, 2.45) is 39.8 Å². The Morgan fingerprint density at radius 2 is 1.32 bits per heavy atom. The van der Waals surface area contributed by atoms with Gasteiger partial charge in [-0.2, -0.15) is 0 Å². The van der Waals surface area contributed by atoms with Crippen LogP contribution in [0.5, 0.6) is 0 Å². The smallest absolute Gasteiger partial charge is 0.322 e. The van der Waals surface area contributed by atoms with E-state index >= 15 is 0 Å². The van der Waals surface area contributed by atoms with E-state index in [-0.39, 0.29) is 37.2 Å². The molecule has 0 saturated heterocycles. The van der Waals surface area contributed by atoms with Crippen LogP contribution in [-0.4, -0.2) is 96.9 Å². The highest BCUT2D eigenvalue weighted by molar-refractivity contribution is 5.95. The molecular weight excluding hydrogens is 576 g/mol. The Morgan fingerprint density at radius 1 is 0.750 bits per heavy atom. The summed E-state index contributed by atoms with van der Waals surface area (Å²) in [4.78, 5) is 78.6. The Hall–Kier alpha value is -3.99. The van der Waals surface area contributed by atoms with Gasteiger partial charge in [-0.25, -0.2) is 0 Å². The second-order valence-electron chi connectivity index (χ2n) is 11.2. The Bertz CT molecular complexity index is 986. The monoisotopic (exact) mass is 628 g/mol. The highest BCUT2D eigenvalue weighted by Crippen LogP contribution is 2.08. The molecule has 17 heteroatoms. The molecule has 0 radical (unpaired) electrons. The number of hydrogen-bond acceptors (Lipinski definition) is 9. The number of carbonyl (C=O) groups is 6. The minimum Gasteiger partial charge on any atom is -0.480 e. The SMILES string of the molecule is CC(C)C[C@H](N)C(=O)N[C@H](C(=O)N[C@@H](CCCCN)C(=O)NCC(=O)N[C@@H](CCCN=C(N)N)C(=O)NCC(=O)O)C(C)C. The van der Waals surface area contributed by atoms with E-state index in [2.05, 4.69) is 31.6 Å². The first-order valence-electron chi connectivity index (χ1n) is 14.8. The van der Waals surface area contributed by atoms with Crippen molar-refractivity contribution in [1.82, 2.24) is 26.6 Å². The highest BCUT2D eigenvalue weighted by Gasteiger charge is 2.30. The molecule has 0 rings (SSSR count). The lowest BCUT2D eigenvalue weighted by Gasteiger charge is -2.26. The number of nitrogens with one attached hydrogen (secondary N) is 5. The topological polar surface area (TPSA) is 299 Å². The van der Waals surface area contributed by atoms with Gasteiger partial charge in [0, 0.05) is 6.54 Å². The Labute approximate surface area is 258 Å². The number of carboxylic acid groups (broad SMARTS) is 1. The second-order valence-corrected chi connectivity index (χ2v) is 11.2. The summed E-state index contributed by atoms with van der Waals surface area (Å²) < 4.78 is 0. The summed E-state index contributed by atoms with van der Waals surface area (Å²) in [5.41, 5.74) is 22.1. The van der Waals surface area contributed by atoms with Crippen molar-refractivity contribution in [2.45, 2.75) is 90.4 Å². The van der Waals surface area contributed by atoms with Crippen LogP contribution >= 0.6 is 0 Å². The van der Waals surface area contributed by atoms with Crippen LogP contribution in [-0.2, 0) is 28.8 Å². The van der Waals surface area contributed by atoms with Crippen LogP contribution in [0.3, 0.4) is 0 Å². The molecule has 0 heterocycles. The summed E-state index contributed by atoms with van der Waals surface area (Å²) in [5.74, 6) is -4.74. The van der Waals surface area contributed by atoms with Gasteiger partial charge in [0.15, 0.2) is 5.96 Å². The number of guanidine groups is 1. The maximum atomic E-state index is 13.2. The van der Waals surface area contributed by atoms with Gasteiger partial charge in [-0.1, -0.05) is 27.7 Å². The average Bonchev–Trinajstić information content (AvgIpc) is 2.93. The van der Waals surface area contributed by atoms with Gasteiger partial charge >= 0.3 is 5.97 Å². The van der Waals surface area contributed by atoms with Crippen molar-refractivity contribution in [2.75, 3.05) is 26.2 Å². The zero-order valence-electron chi connectivity index (χ0n) is 26.2. The quantitative estimate of drug-likeness (QED) is 0.0327. The number of aliphatic imine (C=N–C) groups is 1. The van der Waals surface area contributed by atoms with Crippen LogP contribution in [0.15, 0.2) is 4.99 Å². The third-order valence-electron chi connectivity index (χ3n) is 6.32. The molecule has 0 aromatic rings. The van der Waals surface area contributed by atoms with Gasteiger partial charge in [0.1, 0.15) is 24.7 Å². The van der Waals surface area contributed by atoms with E-state index in [0.29, 0.717) is 32.2 Å². The number of rotatable bonds is 22. The molecule has 0 aliphatic rings. The minimum atomic E-state index is -1.27. The molecule has 17 nitrogen and oxygen atoms in total. The normalized spacial score (nSPS) is 13.6. The predicted octanol–water partition coefficient (Wildman–Crippen LogP) is -3.03. The first-order valence-corrected chi connectivity index (χ1v) is 14.8. The number of aliphatic carboxylic acids is 1. The predicted molar refractivity (Wildman–Crippen MR) is 165 cm³/mol. The Morgan fingerprint density at radius 3 is 1.84 bits per heavy atom. The molecule has 0 aromatic heterocycles. The molecule has 0 aliphatic carbocycles. The van der Waals surface area contributed by atoms with Crippen LogP contribution in [0.4, 0.5) is 0 Å². The van der Waals surface area contributed by atoms with Crippen molar-refractivity contribution < 1.29 is 33.9 Å². The van der Waals surface area contributed by atoms with E-state index in [9.17, 15) is 28.8 Å². The van der Waals surface area contributed by atoms with E-state index in [0.717, 1.165) is 0 Å². The van der Waals surface area contributed by atoms with E-state index in [1.54, 1.807) is 13.8 Å². The van der Waals surface area contributed by atoms with E-state index in [4.69, 9.17) is 28.0 Å². The molecule has 0 unspecified atom stereocenters. The van der Waals surface area contributed by atoms with Crippen LogP contribution in [0, 0.1) is 11.8 Å². The summed E-state index contributed by atoms with van der Waals surface area (Å²) in [7, 11) is 0. The van der Waals surface area contributed by atoms with Crippen molar-refractivity contribution in [3.8, 4) is 0 Å². The van der Waals surface area contributed by atoms with Crippen LogP contribution in [0.1, 0.15) is 66.2 Å². The largest absolute Gasteiger partial charge is 0.480 e. The van der Waals surface area contributed by atoms with Gasteiger partial charge in [-0.15, -0.1) is 0 Å². The average molecular weight is 629 g/mol. The standard InChI is InChI=1S/C27H52N10O7/c1-15(2)12-17(29)23(41)37-22(16(3)4)26(44)36-19(8-5-6-10-28)25(43)33-13-20(38)35-18(9-7-11-32-27(30)31)24(42)34-14-21(39)40/h15-19,22H,5-14,28-29H2,1-4H3,(H,33,43)(H,34,42)(H,35,38)(H,36,44)(H,37,41)(H,39,40)(H4,30,31,32)/t17-,18-,19-,22-/m0/s1. The van der Waals surface area contributed by atoms with Gasteiger partial charge in [0.25, 0.3) is 0 Å². The third-order valence-corrected chi connectivity index (χ3v) is 6.32. The number of carboxylic acids is 1. The number of unbranched alkanes of at least 4 members (excludes halogenated alkanes) is 1. The molecule has 0 aromatic carbocycles. The maximum absolute atomic E-state index is 13.2. The van der Waals surface area contributed by atoms with Crippen LogP contribution < -0.4 is 49.5 Å². The van der Waals surface area contributed by atoms with Crippen molar-refractivity contribution in [3.63, 3.8) is 0 Å². The lowest BCUT2D eigenvalue weighted by Crippen LogP contribution is -2.58. The maximum Gasteiger partial charge on any atom is 0.322 e. The van der Waals surface area contributed by atoms with Gasteiger partial charge in [-0.3, -0.25) is 33.8 Å². The molecule has 5 amide bonds. The molecule has 0 saturated carbocycles. The highest BCUT2D eigenvalue weighted by atomic mass is 16.4. The summed E-state index contributed by atoms with van der Waals surface area (Å²) in [6.07, 6.45) is 2.11. The van der Waals surface area contributed by atoms with Crippen molar-refractivity contribution >= 4 is 41.5 Å². The minimum absolute atomic E-state index is 0.0861. The molecule has 0 fully saturated rings. The summed E-state index contributed by atoms with van der Waals surface area (Å²) in [6.45, 7) is 6.69. The van der Waals surface area contributed by atoms with Gasteiger partial charge < -0.3 is 54.6 Å². The van der Waals surface area contributed by atoms with Crippen LogP contribution in [0.25, 0.3) is 0 Å². The lowest BCUT2D eigenvalue weighted by atomic mass is 9.99. The van der Waals surface area contributed by atoms with Crippen LogP contribution in [0.2, 0.25) is 0 Å². The van der Waals surface area contributed by atoms with Crippen molar-refractivity contribution in [3.05, 3.63) is 0 Å². The molecule has 14 N–H and O–H groups in total. The number of nitrogens with zero attached hydrogens (tertiary/aromatic N) is 1. The fourth-order valence-corrected chi connectivity index (χ4v) is 4.03. The van der Waals surface area contributed by atoms with E-state index in [1.165, 1.54) is 0 Å². The fourth-order valence-electron chi connectivity index (χ4n) is 4.03. The molecule has 0 aliphatic heterocycles. The fraction of sp³-hybridized carbons (Fsp3) is 0.741. The van der Waals surface area contributed by atoms with E-state index < -0.39 is 72.8 Å². The molecule has 0 spiro atoms. The Balaban J connectivity index is 5.44. The van der Waals surface area contributed by atoms with Crippen molar-refractivity contribution in [1.29, 1.82) is 0 Å². The molecule has 44 heavy (non-hydrogen) atoms. The van der Waals surface area contributed by atoms with Gasteiger partial charge in [0.2, 0.25) is 29.5 Å². The van der Waals surface area contributed by atoms with E-state index in [1.807, 2.05) is 13.8 Å². The number of nitrogens with two attached hydrogens (primary N) is 4. The molecule has 252 valence electrons. The first kappa shape index (κ1) is 40.0.